The van der Waals surface area contributed by atoms with E-state index in [-0.39, 0.29) is 0 Å². The quantitative estimate of drug-likeness (QED) is 0.547. The van der Waals surface area contributed by atoms with Crippen molar-refractivity contribution in [3.8, 4) is 0 Å². The molecular weight excluding hydrogens is 319 g/mol. The van der Waals surface area contributed by atoms with Crippen molar-refractivity contribution in [2.45, 2.75) is 26.7 Å². The summed E-state index contributed by atoms with van der Waals surface area (Å²) in [4.78, 5) is 0. The minimum Gasteiger partial charge on any atom is -0.0620 e. The predicted octanol–water partition coefficient (Wildman–Crippen LogP) is 5.53. The highest BCUT2D eigenvalue weighted by Gasteiger charge is 2.55. The van der Waals surface area contributed by atoms with Gasteiger partial charge in [0.05, 0.1) is 5.31 Å². The van der Waals surface area contributed by atoms with E-state index in [0.717, 1.165) is 12.8 Å². The first kappa shape index (κ1) is 16.3. The van der Waals surface area contributed by atoms with Gasteiger partial charge in [0.2, 0.25) is 0 Å². The molecule has 1 aliphatic rings. The molecule has 1 heterocycles. The summed E-state index contributed by atoms with van der Waals surface area (Å²) in [7, 11) is -1.74. The summed E-state index contributed by atoms with van der Waals surface area (Å²) < 4.78 is 0. The molecule has 3 aromatic rings. The van der Waals surface area contributed by atoms with Crippen molar-refractivity contribution in [2.75, 3.05) is 0 Å². The number of fused-ring (bicyclic) bond motifs is 1. The molecule has 0 aliphatic carbocycles. The van der Waals surface area contributed by atoms with Crippen LogP contribution in [0.3, 0.4) is 0 Å². The van der Waals surface area contributed by atoms with Gasteiger partial charge >= 0.3 is 0 Å². The van der Waals surface area contributed by atoms with Crippen LogP contribution in [0.15, 0.2) is 90.2 Å². The molecule has 0 unspecified atom stereocenters. The minimum atomic E-state index is -1.74. The average Bonchev–Trinajstić information content (AvgIpc) is 2.99. The molecule has 1 aliphatic heterocycles. The molecule has 0 amide bonds. The maximum absolute atomic E-state index is 2.38. The molecule has 4 rings (SSSR count). The van der Waals surface area contributed by atoms with Crippen LogP contribution in [0.2, 0.25) is 0 Å². The molecule has 0 fully saturated rings. The highest BCUT2D eigenvalue weighted by molar-refractivity contribution is 7.99. The second-order valence-corrected chi connectivity index (χ2v) is 9.89. The molecular formula is C24H24P+. The van der Waals surface area contributed by atoms with Crippen LogP contribution in [0.4, 0.5) is 0 Å². The third-order valence-corrected chi connectivity index (χ3v) is 9.97. The van der Waals surface area contributed by atoms with Gasteiger partial charge in [0, 0.05) is 17.6 Å². The summed E-state index contributed by atoms with van der Waals surface area (Å²) in [5.41, 5.74) is 3.04. The summed E-state index contributed by atoms with van der Waals surface area (Å²) in [6.45, 7) is 4.63. The van der Waals surface area contributed by atoms with Gasteiger partial charge < -0.3 is 0 Å². The first-order chi connectivity index (χ1) is 12.3. The third kappa shape index (κ3) is 2.32. The van der Waals surface area contributed by atoms with Gasteiger partial charge in [-0.3, -0.25) is 0 Å². The second-order valence-electron chi connectivity index (χ2n) is 6.49. The SMILES string of the molecule is CCC1=C(CC)[P+](c2ccccc2)(c2ccccc2)c2ccccc21. The van der Waals surface area contributed by atoms with Crippen LogP contribution in [-0.2, 0) is 0 Å². The predicted molar refractivity (Wildman–Crippen MR) is 113 cm³/mol. The lowest BCUT2D eigenvalue weighted by molar-refractivity contribution is 1.16. The molecule has 0 saturated heterocycles. The Balaban J connectivity index is 2.16. The zero-order valence-electron chi connectivity index (χ0n) is 14.9. The van der Waals surface area contributed by atoms with Gasteiger partial charge in [-0.05, 0) is 36.8 Å². The standard InChI is InChI=1S/C24H24P/c1-3-21-22-17-11-12-18-24(22)25(23(21)4-2,19-13-7-5-8-14-19)20-15-9-6-10-16-20/h5-18H,3-4H2,1-2H3/q+1. The van der Waals surface area contributed by atoms with E-state index in [1.54, 1.807) is 16.2 Å². The van der Waals surface area contributed by atoms with Gasteiger partial charge in [0.15, 0.2) is 0 Å². The summed E-state index contributed by atoms with van der Waals surface area (Å²) in [6.07, 6.45) is 2.21. The van der Waals surface area contributed by atoms with Crippen molar-refractivity contribution in [1.29, 1.82) is 0 Å². The van der Waals surface area contributed by atoms with E-state index >= 15 is 0 Å². The maximum Gasteiger partial charge on any atom is 0.141 e. The Bertz CT molecular complexity index is 868. The Morgan fingerprint density at radius 2 is 1.12 bits per heavy atom. The Morgan fingerprint density at radius 1 is 0.600 bits per heavy atom. The van der Waals surface area contributed by atoms with Crippen LogP contribution in [0.5, 0.6) is 0 Å². The van der Waals surface area contributed by atoms with Gasteiger partial charge in [0.25, 0.3) is 0 Å². The Kier molecular flexibility index (Phi) is 4.32. The van der Waals surface area contributed by atoms with Gasteiger partial charge in [0.1, 0.15) is 23.2 Å². The maximum atomic E-state index is 2.38. The lowest BCUT2D eigenvalue weighted by Crippen LogP contribution is -2.30. The van der Waals surface area contributed by atoms with Crippen molar-refractivity contribution >= 4 is 28.7 Å². The van der Waals surface area contributed by atoms with E-state index in [9.17, 15) is 0 Å². The van der Waals surface area contributed by atoms with E-state index in [1.807, 2.05) is 0 Å². The summed E-state index contributed by atoms with van der Waals surface area (Å²) in [5.74, 6) is 0. The van der Waals surface area contributed by atoms with Gasteiger partial charge in [-0.15, -0.1) is 0 Å². The van der Waals surface area contributed by atoms with Gasteiger partial charge in [-0.25, -0.2) is 0 Å². The number of hydrogen-bond donors (Lipinski definition) is 0. The molecule has 0 atom stereocenters. The largest absolute Gasteiger partial charge is 0.141 e. The molecule has 0 radical (unpaired) electrons. The third-order valence-electron chi connectivity index (χ3n) is 5.32. The van der Waals surface area contributed by atoms with Crippen molar-refractivity contribution in [3.05, 3.63) is 95.8 Å². The van der Waals surface area contributed by atoms with E-state index in [4.69, 9.17) is 0 Å². The zero-order valence-corrected chi connectivity index (χ0v) is 15.8. The molecule has 0 saturated carbocycles. The summed E-state index contributed by atoms with van der Waals surface area (Å²) >= 11 is 0. The molecule has 3 aromatic carbocycles. The fourth-order valence-electron chi connectivity index (χ4n) is 4.41. The summed E-state index contributed by atoms with van der Waals surface area (Å²) in [5, 5.41) is 6.16. The molecule has 0 N–H and O–H groups in total. The Morgan fingerprint density at radius 3 is 1.64 bits per heavy atom. The molecule has 0 aromatic heterocycles. The molecule has 0 spiro atoms. The molecule has 0 nitrogen and oxygen atoms in total. The monoisotopic (exact) mass is 343 g/mol. The number of hydrogen-bond acceptors (Lipinski definition) is 0. The first-order valence-electron chi connectivity index (χ1n) is 9.16. The van der Waals surface area contributed by atoms with E-state index in [1.165, 1.54) is 16.2 Å². The van der Waals surface area contributed by atoms with Crippen LogP contribution >= 0.6 is 7.26 Å². The van der Waals surface area contributed by atoms with E-state index in [0.29, 0.717) is 0 Å². The average molecular weight is 343 g/mol. The number of allylic oxidation sites excluding steroid dienone is 2. The Labute approximate surface area is 151 Å². The van der Waals surface area contributed by atoms with Crippen molar-refractivity contribution in [3.63, 3.8) is 0 Å². The van der Waals surface area contributed by atoms with E-state index < -0.39 is 7.26 Å². The fraction of sp³-hybridized carbons (Fsp3) is 0.167. The lowest BCUT2D eigenvalue weighted by Gasteiger charge is -2.26. The topological polar surface area (TPSA) is 0 Å². The molecule has 0 bridgehead atoms. The second kappa shape index (κ2) is 6.62. The van der Waals surface area contributed by atoms with Gasteiger partial charge in [-0.1, -0.05) is 68.4 Å². The smallest absolute Gasteiger partial charge is 0.0620 e. The Hall–Kier alpha value is -2.17. The summed E-state index contributed by atoms with van der Waals surface area (Å²) in [6, 6.07) is 31.5. The van der Waals surface area contributed by atoms with E-state index in [2.05, 4.69) is 98.8 Å². The van der Waals surface area contributed by atoms with Crippen molar-refractivity contribution in [1.82, 2.24) is 0 Å². The van der Waals surface area contributed by atoms with Gasteiger partial charge in [-0.2, -0.15) is 0 Å². The van der Waals surface area contributed by atoms with Crippen LogP contribution in [0.1, 0.15) is 32.3 Å². The molecule has 1 heteroatoms. The highest BCUT2D eigenvalue weighted by Crippen LogP contribution is 2.69. The molecule has 25 heavy (non-hydrogen) atoms. The first-order valence-corrected chi connectivity index (χ1v) is 11.0. The number of rotatable bonds is 4. The zero-order chi connectivity index (χ0) is 17.3. The van der Waals surface area contributed by atoms with Crippen LogP contribution in [-0.4, -0.2) is 0 Å². The van der Waals surface area contributed by atoms with Crippen LogP contribution in [0.25, 0.3) is 5.57 Å². The lowest BCUT2D eigenvalue weighted by atomic mass is 10.0. The fourth-order valence-corrected chi connectivity index (χ4v) is 9.46. The van der Waals surface area contributed by atoms with Crippen LogP contribution in [0, 0.1) is 0 Å². The van der Waals surface area contributed by atoms with Crippen molar-refractivity contribution in [2.24, 2.45) is 0 Å². The molecule has 124 valence electrons. The minimum absolute atomic E-state index is 1.10. The van der Waals surface area contributed by atoms with Crippen LogP contribution < -0.4 is 15.9 Å². The van der Waals surface area contributed by atoms with Crippen molar-refractivity contribution < 1.29 is 0 Å². The highest BCUT2D eigenvalue weighted by atomic mass is 31.2. The normalized spacial score (nSPS) is 15.3. The number of benzene rings is 3.